The van der Waals surface area contributed by atoms with E-state index in [4.69, 9.17) is 5.26 Å². The minimum atomic E-state index is -0.429. The quantitative estimate of drug-likeness (QED) is 0.490. The van der Waals surface area contributed by atoms with Gasteiger partial charge in [0.15, 0.2) is 0 Å². The highest BCUT2D eigenvalue weighted by molar-refractivity contribution is 8.04. The Morgan fingerprint density at radius 3 is 1.92 bits per heavy atom. The van der Waals surface area contributed by atoms with E-state index < -0.39 is 4.87 Å². The molecule has 0 saturated heterocycles. The molecular weight excluding hydrogens is 170 g/mol. The molecule has 0 radical (unpaired) electrons. The molecule has 0 unspecified atom stereocenters. The molecule has 0 bridgehead atoms. The van der Waals surface area contributed by atoms with Crippen LogP contribution in [0.15, 0.2) is 10.2 Å². The van der Waals surface area contributed by atoms with Crippen molar-refractivity contribution in [2.75, 3.05) is 0 Å². The summed E-state index contributed by atoms with van der Waals surface area (Å²) in [6, 6.07) is 0. The molecule has 0 N–H and O–H groups in total. The zero-order valence-corrected chi connectivity index (χ0v) is 9.07. The fraction of sp³-hybridized carbons (Fsp3) is 0.875. The molecule has 0 atom stereocenters. The summed E-state index contributed by atoms with van der Waals surface area (Å²) in [5.41, 5.74) is -0.159. The summed E-state index contributed by atoms with van der Waals surface area (Å²) in [4.78, 5) is -0.429. The van der Waals surface area contributed by atoms with Crippen molar-refractivity contribution < 1.29 is 0 Å². The lowest BCUT2D eigenvalue weighted by Gasteiger charge is -2.16. The van der Waals surface area contributed by atoms with Crippen molar-refractivity contribution in [3.05, 3.63) is 0 Å². The van der Waals surface area contributed by atoms with Crippen LogP contribution in [-0.2, 0) is 0 Å². The fourth-order valence-electron chi connectivity index (χ4n) is 0.403. The van der Waals surface area contributed by atoms with Crippen LogP contribution in [0.25, 0.3) is 0 Å². The van der Waals surface area contributed by atoms with Crippen molar-refractivity contribution in [2.24, 2.45) is 10.2 Å². The van der Waals surface area contributed by atoms with E-state index in [9.17, 15) is 0 Å². The first-order valence-corrected chi connectivity index (χ1v) is 4.60. The van der Waals surface area contributed by atoms with Crippen LogP contribution in [0.3, 0.4) is 0 Å². The lowest BCUT2D eigenvalue weighted by atomic mass is 10.1. The standard InChI is InChI=1S/C8H15N3S/c1-7(2,3)10-11-8(4,5)12-6-9/h1-5H3/b11-10+. The predicted molar refractivity (Wildman–Crippen MR) is 51.9 cm³/mol. The highest BCUT2D eigenvalue weighted by Gasteiger charge is 2.18. The van der Waals surface area contributed by atoms with Gasteiger partial charge in [-0.25, -0.2) is 0 Å². The van der Waals surface area contributed by atoms with E-state index in [0.29, 0.717) is 0 Å². The topological polar surface area (TPSA) is 48.5 Å². The van der Waals surface area contributed by atoms with Crippen molar-refractivity contribution in [3.8, 4) is 5.40 Å². The number of hydrogen-bond donors (Lipinski definition) is 0. The van der Waals surface area contributed by atoms with Crippen molar-refractivity contribution in [1.82, 2.24) is 0 Å². The Kier molecular flexibility index (Phi) is 3.72. The maximum Gasteiger partial charge on any atom is 0.135 e. The van der Waals surface area contributed by atoms with Crippen LogP contribution in [0.4, 0.5) is 0 Å². The zero-order valence-electron chi connectivity index (χ0n) is 8.25. The first-order valence-electron chi connectivity index (χ1n) is 3.78. The summed E-state index contributed by atoms with van der Waals surface area (Å²) in [6.45, 7) is 9.67. The number of thiocyanates is 1. The Morgan fingerprint density at radius 2 is 1.58 bits per heavy atom. The molecule has 0 amide bonds. The van der Waals surface area contributed by atoms with Crippen LogP contribution in [0.2, 0.25) is 0 Å². The lowest BCUT2D eigenvalue weighted by molar-refractivity contribution is 0.513. The van der Waals surface area contributed by atoms with E-state index in [0.717, 1.165) is 11.8 Å². The summed E-state index contributed by atoms with van der Waals surface area (Å²) in [5, 5.41) is 18.6. The highest BCUT2D eigenvalue weighted by Crippen LogP contribution is 2.26. The van der Waals surface area contributed by atoms with Crippen molar-refractivity contribution in [1.29, 1.82) is 5.26 Å². The fourth-order valence-corrected chi connectivity index (χ4v) is 0.708. The van der Waals surface area contributed by atoms with Crippen molar-refractivity contribution >= 4 is 11.8 Å². The van der Waals surface area contributed by atoms with Gasteiger partial charge in [-0.3, -0.25) is 0 Å². The van der Waals surface area contributed by atoms with Crippen LogP contribution in [-0.4, -0.2) is 10.4 Å². The number of thioether (sulfide) groups is 1. The molecule has 0 aliphatic heterocycles. The Bertz CT molecular complexity index is 207. The summed E-state index contributed by atoms with van der Waals surface area (Å²) in [5.74, 6) is 0. The molecule has 0 aromatic rings. The largest absolute Gasteiger partial charge is 0.187 e. The predicted octanol–water partition coefficient (Wildman–Crippen LogP) is 3.19. The number of hydrogen-bond acceptors (Lipinski definition) is 4. The van der Waals surface area contributed by atoms with Crippen LogP contribution in [0.1, 0.15) is 34.6 Å². The van der Waals surface area contributed by atoms with Gasteiger partial charge in [0, 0.05) is 0 Å². The van der Waals surface area contributed by atoms with E-state index in [1.165, 1.54) is 0 Å². The minimum Gasteiger partial charge on any atom is -0.187 e. The second kappa shape index (κ2) is 3.90. The molecule has 0 spiro atoms. The molecular formula is C8H15N3S. The third-order valence-corrected chi connectivity index (χ3v) is 1.56. The molecule has 68 valence electrons. The van der Waals surface area contributed by atoms with E-state index in [1.54, 1.807) is 0 Å². The molecule has 0 fully saturated rings. The molecule has 0 aromatic carbocycles. The third-order valence-electron chi connectivity index (χ3n) is 0.886. The molecule has 0 rings (SSSR count). The summed E-state index contributed by atoms with van der Waals surface area (Å²) in [6.07, 6.45) is 0. The van der Waals surface area contributed by atoms with Crippen molar-refractivity contribution in [3.63, 3.8) is 0 Å². The Balaban J connectivity index is 4.25. The van der Waals surface area contributed by atoms with Crippen molar-refractivity contribution in [2.45, 2.75) is 45.0 Å². The summed E-state index contributed by atoms with van der Waals surface area (Å²) in [7, 11) is 0. The molecule has 0 aliphatic rings. The molecule has 4 heteroatoms. The number of azo groups is 1. The van der Waals surface area contributed by atoms with Gasteiger partial charge < -0.3 is 0 Å². The third kappa shape index (κ3) is 6.17. The normalized spacial score (nSPS) is 13.3. The summed E-state index contributed by atoms with van der Waals surface area (Å²) >= 11 is 1.12. The van der Waals surface area contributed by atoms with Gasteiger partial charge in [-0.15, -0.1) is 0 Å². The molecule has 0 aromatic heterocycles. The van der Waals surface area contributed by atoms with Gasteiger partial charge in [0.1, 0.15) is 10.3 Å². The average molecular weight is 185 g/mol. The Labute approximate surface area is 78.3 Å². The highest BCUT2D eigenvalue weighted by atomic mass is 32.2. The maximum absolute atomic E-state index is 8.44. The van der Waals surface area contributed by atoms with E-state index in [-0.39, 0.29) is 5.54 Å². The summed E-state index contributed by atoms with van der Waals surface area (Å²) < 4.78 is 0. The van der Waals surface area contributed by atoms with Gasteiger partial charge >= 0.3 is 0 Å². The van der Waals surface area contributed by atoms with Crippen LogP contribution >= 0.6 is 11.8 Å². The second-order valence-electron chi connectivity index (χ2n) is 4.01. The average Bonchev–Trinajstić information content (AvgIpc) is 1.83. The van der Waals surface area contributed by atoms with Gasteiger partial charge in [-0.05, 0) is 46.4 Å². The van der Waals surface area contributed by atoms with E-state index >= 15 is 0 Å². The molecule has 0 saturated carbocycles. The second-order valence-corrected chi connectivity index (χ2v) is 5.40. The van der Waals surface area contributed by atoms with Crippen LogP contribution in [0, 0.1) is 10.7 Å². The van der Waals surface area contributed by atoms with Gasteiger partial charge in [0.2, 0.25) is 0 Å². The van der Waals surface area contributed by atoms with Crippen LogP contribution in [0.5, 0.6) is 0 Å². The first kappa shape index (κ1) is 11.4. The Morgan fingerprint density at radius 1 is 1.08 bits per heavy atom. The van der Waals surface area contributed by atoms with Gasteiger partial charge in [0.05, 0.1) is 5.54 Å². The number of rotatable bonds is 2. The van der Waals surface area contributed by atoms with E-state index in [1.807, 2.05) is 40.0 Å². The number of nitriles is 1. The SMILES string of the molecule is CC(C)(C)/N=N/C(C)(C)SC#N. The maximum atomic E-state index is 8.44. The first-order chi connectivity index (χ1) is 5.27. The van der Waals surface area contributed by atoms with Gasteiger partial charge in [-0.2, -0.15) is 15.5 Å². The lowest BCUT2D eigenvalue weighted by Crippen LogP contribution is -2.14. The van der Waals surface area contributed by atoms with Gasteiger partial charge in [0.25, 0.3) is 0 Å². The number of nitrogens with zero attached hydrogens (tertiary/aromatic N) is 3. The molecule has 12 heavy (non-hydrogen) atoms. The van der Waals surface area contributed by atoms with Gasteiger partial charge in [-0.1, -0.05) is 0 Å². The molecule has 3 nitrogen and oxygen atoms in total. The zero-order chi connectivity index (χ0) is 9.83. The smallest absolute Gasteiger partial charge is 0.135 e. The monoisotopic (exact) mass is 185 g/mol. The van der Waals surface area contributed by atoms with E-state index in [2.05, 4.69) is 10.2 Å². The Hall–Kier alpha value is -0.560. The van der Waals surface area contributed by atoms with Crippen LogP contribution < -0.4 is 0 Å². The molecule has 0 heterocycles. The minimum absolute atomic E-state index is 0.159. The molecule has 0 aliphatic carbocycles.